The third-order valence-corrected chi connectivity index (χ3v) is 15.4. The van der Waals surface area contributed by atoms with Crippen molar-refractivity contribution >= 4 is 23.4 Å². The largest absolute Gasteiger partial charge is 0.459 e. The standard InChI is InChI=1S/C53H86N4O13/c1-14-26-54-31-53(64)37(8)67-42(29-51(53,10)65-13)69-44-34(5)46(50(9,62)28-32(3)30-55-36(7)45(59)52(11,63)41(15-2)68-47(60)35(44)6)70-48-43(58)40(27-33(4)66-48)56(12)49(61)57(38-22-18-16-19-23-38)39-24-20-17-21-25-39/h16-25,32-37,40-46,48,54-55,58-59,62-64H,14-15,26-31H2,1-13H3/t32-,33-,34+,35-,36-,37+,40+,41-,42+,43-,44+,45-,46-,48+,50-,51-,52-,53+/m1/s1. The highest BCUT2D eigenvalue weighted by molar-refractivity contribution is 5.99. The minimum Gasteiger partial charge on any atom is -0.459 e. The molecule has 7 N–H and O–H groups in total. The summed E-state index contributed by atoms with van der Waals surface area (Å²) < 4.78 is 38.9. The lowest BCUT2D eigenvalue weighted by atomic mass is 9.75. The van der Waals surface area contributed by atoms with E-state index < -0.39 is 114 Å². The molecule has 2 amide bonds. The Morgan fingerprint density at radius 3 is 2.04 bits per heavy atom. The molecule has 0 unspecified atom stereocenters. The van der Waals surface area contributed by atoms with E-state index in [0.717, 1.165) is 6.42 Å². The van der Waals surface area contributed by atoms with Gasteiger partial charge in [-0.25, -0.2) is 4.79 Å². The van der Waals surface area contributed by atoms with Gasteiger partial charge in [-0.15, -0.1) is 0 Å². The molecule has 0 spiro atoms. The predicted octanol–water partition coefficient (Wildman–Crippen LogP) is 5.26. The van der Waals surface area contributed by atoms with E-state index in [1.165, 1.54) is 18.9 Å². The summed E-state index contributed by atoms with van der Waals surface area (Å²) in [7, 11) is 3.16. The number of amides is 2. The van der Waals surface area contributed by atoms with Crippen LogP contribution in [0.5, 0.6) is 0 Å². The van der Waals surface area contributed by atoms with Gasteiger partial charge in [0.05, 0.1) is 53.4 Å². The van der Waals surface area contributed by atoms with Crippen LogP contribution >= 0.6 is 0 Å². The SMILES string of the molecule is CCCNC[C@]1(O)[C@H](C)O[C@@H](O[C@H]2[C@H](C)[C@@H](O[C@@H]3O[C@H](C)C[C@H](N(C)C(=O)N(c4ccccc4)c4ccccc4)[C@H]3O)[C@](C)(O)C[C@@H](C)CN[C@H](C)[C@@H](O)[C@](C)(O)[C@@H](CC)OC(=O)[C@@H]2C)C[C@@]1(C)OC. The normalized spacial score (nSPS) is 40.3. The molecule has 0 aromatic heterocycles. The van der Waals surface area contributed by atoms with Crippen LogP contribution in [-0.4, -0.2) is 166 Å². The van der Waals surface area contributed by atoms with Gasteiger partial charge in [-0.2, -0.15) is 0 Å². The number of aliphatic hydroxyl groups is 5. The summed E-state index contributed by atoms with van der Waals surface area (Å²) in [4.78, 5) is 32.4. The maximum absolute atomic E-state index is 14.7. The lowest BCUT2D eigenvalue weighted by Gasteiger charge is -2.53. The molecule has 3 aliphatic rings. The molecule has 3 saturated heterocycles. The topological polar surface area (TPSA) is 221 Å². The van der Waals surface area contributed by atoms with E-state index in [0.29, 0.717) is 24.5 Å². The van der Waals surface area contributed by atoms with Gasteiger partial charge < -0.3 is 69.5 Å². The molecule has 5 rings (SSSR count). The fourth-order valence-electron chi connectivity index (χ4n) is 10.9. The van der Waals surface area contributed by atoms with Gasteiger partial charge in [0.15, 0.2) is 12.6 Å². The number of methoxy groups -OCH3 is 1. The number of rotatable bonds is 13. The number of benzene rings is 2. The molecular weight excluding hydrogens is 901 g/mol. The van der Waals surface area contributed by atoms with Gasteiger partial charge in [0.25, 0.3) is 0 Å². The lowest BCUT2D eigenvalue weighted by molar-refractivity contribution is -0.336. The second-order valence-electron chi connectivity index (χ2n) is 21.1. The van der Waals surface area contributed by atoms with Crippen molar-refractivity contribution in [3.8, 4) is 0 Å². The van der Waals surface area contributed by atoms with Crippen LogP contribution in [0, 0.1) is 17.8 Å². The predicted molar refractivity (Wildman–Crippen MR) is 266 cm³/mol. The first-order chi connectivity index (χ1) is 32.9. The highest BCUT2D eigenvalue weighted by Crippen LogP contribution is 2.43. The zero-order valence-corrected chi connectivity index (χ0v) is 43.9. The first-order valence-electron chi connectivity index (χ1n) is 25.4. The van der Waals surface area contributed by atoms with Gasteiger partial charge in [0.2, 0.25) is 0 Å². The van der Waals surface area contributed by atoms with Gasteiger partial charge in [0.1, 0.15) is 35.1 Å². The van der Waals surface area contributed by atoms with Crippen molar-refractivity contribution in [1.82, 2.24) is 15.5 Å². The van der Waals surface area contributed by atoms with Crippen molar-refractivity contribution in [2.75, 3.05) is 38.7 Å². The second kappa shape index (κ2) is 24.2. The summed E-state index contributed by atoms with van der Waals surface area (Å²) >= 11 is 0. The number of esters is 1. The third-order valence-electron chi connectivity index (χ3n) is 15.4. The molecule has 70 heavy (non-hydrogen) atoms. The summed E-state index contributed by atoms with van der Waals surface area (Å²) in [5.74, 6) is -3.02. The fourth-order valence-corrected chi connectivity index (χ4v) is 10.9. The van der Waals surface area contributed by atoms with Crippen molar-refractivity contribution in [3.63, 3.8) is 0 Å². The number of nitrogens with one attached hydrogen (secondary N) is 2. The Bertz CT molecular complexity index is 1910. The van der Waals surface area contributed by atoms with Gasteiger partial charge >= 0.3 is 12.0 Å². The number of likely N-dealkylation sites (N-methyl/N-ethyl adjacent to an activating group) is 1. The van der Waals surface area contributed by atoms with E-state index in [1.54, 1.807) is 60.4 Å². The number of anilines is 2. The number of cyclic esters (lactones) is 1. The molecule has 396 valence electrons. The number of hydrogen-bond acceptors (Lipinski definition) is 15. The van der Waals surface area contributed by atoms with Gasteiger partial charge in [-0.1, -0.05) is 64.1 Å². The van der Waals surface area contributed by atoms with Gasteiger partial charge in [-0.3, -0.25) is 9.69 Å². The van der Waals surface area contributed by atoms with E-state index in [-0.39, 0.29) is 38.1 Å². The van der Waals surface area contributed by atoms with Crippen LogP contribution < -0.4 is 15.5 Å². The quantitative estimate of drug-likeness (QED) is 0.101. The molecule has 0 saturated carbocycles. The first-order valence-corrected chi connectivity index (χ1v) is 25.4. The number of urea groups is 1. The van der Waals surface area contributed by atoms with Crippen molar-refractivity contribution in [2.24, 2.45) is 17.8 Å². The van der Waals surface area contributed by atoms with E-state index in [4.69, 9.17) is 28.4 Å². The monoisotopic (exact) mass is 987 g/mol. The molecule has 2 aromatic rings. The maximum atomic E-state index is 14.7. The second-order valence-corrected chi connectivity index (χ2v) is 21.1. The van der Waals surface area contributed by atoms with Crippen LogP contribution in [0.1, 0.15) is 108 Å². The Hall–Kier alpha value is -3.30. The summed E-state index contributed by atoms with van der Waals surface area (Å²) in [6, 6.07) is 16.6. The Morgan fingerprint density at radius 2 is 1.49 bits per heavy atom. The molecule has 3 fully saturated rings. The minimum atomic E-state index is -1.87. The van der Waals surface area contributed by atoms with E-state index >= 15 is 0 Å². The summed E-state index contributed by atoms with van der Waals surface area (Å²) in [5, 5.41) is 67.4. The van der Waals surface area contributed by atoms with Crippen molar-refractivity contribution in [3.05, 3.63) is 60.7 Å². The third kappa shape index (κ3) is 12.7. The molecule has 18 atom stereocenters. The zero-order chi connectivity index (χ0) is 51.9. The van der Waals surface area contributed by atoms with Gasteiger partial charge in [0, 0.05) is 39.1 Å². The maximum Gasteiger partial charge on any atom is 0.329 e. The van der Waals surface area contributed by atoms with Crippen LogP contribution in [0.25, 0.3) is 0 Å². The molecule has 0 aliphatic carbocycles. The number of nitrogens with zero attached hydrogens (tertiary/aromatic N) is 2. The Balaban J connectivity index is 1.57. The van der Waals surface area contributed by atoms with Crippen molar-refractivity contribution in [1.29, 1.82) is 0 Å². The van der Waals surface area contributed by atoms with Gasteiger partial charge in [-0.05, 0) is 117 Å². The fraction of sp³-hybridized carbons (Fsp3) is 0.736. The van der Waals surface area contributed by atoms with Crippen LogP contribution in [0.15, 0.2) is 60.7 Å². The molecule has 3 aliphatic heterocycles. The average molecular weight is 987 g/mol. The van der Waals surface area contributed by atoms with Crippen LogP contribution in [0.4, 0.5) is 16.2 Å². The minimum absolute atomic E-state index is 0.0388. The summed E-state index contributed by atoms with van der Waals surface area (Å²) in [6.07, 6.45) is -8.63. The number of carbonyl (C=O) groups excluding carboxylic acids is 2. The average Bonchev–Trinajstić information content (AvgIpc) is 3.32. The molecule has 2 aromatic carbocycles. The highest BCUT2D eigenvalue weighted by Gasteiger charge is 2.58. The Labute approximate surface area is 416 Å². The number of aliphatic hydroxyl groups excluding tert-OH is 2. The van der Waals surface area contributed by atoms with E-state index in [9.17, 15) is 35.1 Å². The molecule has 0 bridgehead atoms. The van der Waals surface area contributed by atoms with Crippen molar-refractivity contribution in [2.45, 2.75) is 198 Å². The Morgan fingerprint density at radius 1 is 0.886 bits per heavy atom. The molecule has 3 heterocycles. The molecule has 0 radical (unpaired) electrons. The van der Waals surface area contributed by atoms with E-state index in [1.807, 2.05) is 81.4 Å². The highest BCUT2D eigenvalue weighted by atomic mass is 16.7. The molecule has 17 heteroatoms. The lowest BCUT2D eigenvalue weighted by Crippen LogP contribution is -2.70. The van der Waals surface area contributed by atoms with Crippen LogP contribution in [-0.2, 0) is 33.2 Å². The number of carbonyl (C=O) groups is 2. The summed E-state index contributed by atoms with van der Waals surface area (Å²) in [5.41, 5.74) is -5.00. The first kappa shape index (κ1) is 57.6. The van der Waals surface area contributed by atoms with E-state index in [2.05, 4.69) is 10.6 Å². The zero-order valence-electron chi connectivity index (χ0n) is 43.9. The molecule has 17 nitrogen and oxygen atoms in total. The number of para-hydroxylation sites is 2. The summed E-state index contributed by atoms with van der Waals surface area (Å²) in [6.45, 7) is 20.5. The van der Waals surface area contributed by atoms with Crippen molar-refractivity contribution < 1.29 is 63.5 Å². The Kier molecular flexibility index (Phi) is 19.9. The van der Waals surface area contributed by atoms with Crippen LogP contribution in [0.2, 0.25) is 0 Å². The number of ether oxygens (including phenoxy) is 6. The smallest absolute Gasteiger partial charge is 0.329 e. The van der Waals surface area contributed by atoms with Crippen LogP contribution in [0.3, 0.4) is 0 Å². The number of hydrogen-bond donors (Lipinski definition) is 7. The molecular formula is C53H86N4O13.